The fraction of sp³-hybridized carbons (Fsp3) is 0.0741. The van der Waals surface area contributed by atoms with E-state index in [4.69, 9.17) is 0 Å². The number of hydrogen-bond donors (Lipinski definition) is 1. The zero-order valence-corrected chi connectivity index (χ0v) is 19.8. The molecule has 0 bridgehead atoms. The van der Waals surface area contributed by atoms with Gasteiger partial charge < -0.3 is 10.2 Å². The number of nitrogens with zero attached hydrogens (tertiary/aromatic N) is 2. The third kappa shape index (κ3) is 5.87. The SMILES string of the molecule is CN(C(=O)c1cccc(C(F)(F)F)c1)c1cccc(/C=C/C(=O)Nc2ccccc2-c2nccs2)c1. The third-order valence-corrected chi connectivity index (χ3v) is 6.08. The maximum Gasteiger partial charge on any atom is 0.416 e. The molecule has 0 atom stereocenters. The number of halogens is 3. The van der Waals surface area contributed by atoms with Crippen LogP contribution in [0.3, 0.4) is 0 Å². The van der Waals surface area contributed by atoms with E-state index in [0.717, 1.165) is 22.7 Å². The number of carbonyl (C=O) groups excluding carboxylic acids is 2. The molecule has 4 aromatic rings. The van der Waals surface area contributed by atoms with Crippen LogP contribution in [-0.2, 0) is 11.0 Å². The quantitative estimate of drug-likeness (QED) is 0.294. The van der Waals surface area contributed by atoms with Crippen LogP contribution in [0.5, 0.6) is 0 Å². The highest BCUT2D eigenvalue weighted by Gasteiger charge is 2.31. The van der Waals surface area contributed by atoms with Gasteiger partial charge in [0.05, 0.1) is 11.3 Å². The summed E-state index contributed by atoms with van der Waals surface area (Å²) in [6.45, 7) is 0. The first-order valence-electron chi connectivity index (χ1n) is 10.8. The van der Waals surface area contributed by atoms with Gasteiger partial charge in [-0.15, -0.1) is 11.3 Å². The summed E-state index contributed by atoms with van der Waals surface area (Å²) >= 11 is 1.47. The normalized spacial score (nSPS) is 11.4. The van der Waals surface area contributed by atoms with E-state index in [1.54, 1.807) is 42.6 Å². The van der Waals surface area contributed by atoms with Crippen molar-refractivity contribution in [1.82, 2.24) is 4.98 Å². The number of amides is 2. The number of carbonyl (C=O) groups is 2. The van der Waals surface area contributed by atoms with Gasteiger partial charge >= 0.3 is 6.18 Å². The van der Waals surface area contributed by atoms with Crippen molar-refractivity contribution >= 4 is 40.6 Å². The summed E-state index contributed by atoms with van der Waals surface area (Å²) in [5.74, 6) is -0.934. The number of thiazole rings is 1. The highest BCUT2D eigenvalue weighted by molar-refractivity contribution is 7.13. The van der Waals surface area contributed by atoms with Gasteiger partial charge in [0.25, 0.3) is 5.91 Å². The molecule has 0 spiro atoms. The van der Waals surface area contributed by atoms with Crippen LogP contribution in [0.25, 0.3) is 16.6 Å². The van der Waals surface area contributed by atoms with Gasteiger partial charge in [0, 0.05) is 41.5 Å². The van der Waals surface area contributed by atoms with Crippen LogP contribution in [0, 0.1) is 0 Å². The van der Waals surface area contributed by atoms with E-state index in [-0.39, 0.29) is 11.5 Å². The van der Waals surface area contributed by atoms with Gasteiger partial charge in [0.1, 0.15) is 5.01 Å². The van der Waals surface area contributed by atoms with E-state index in [9.17, 15) is 22.8 Å². The van der Waals surface area contributed by atoms with E-state index < -0.39 is 17.6 Å². The lowest BCUT2D eigenvalue weighted by Gasteiger charge is -2.18. The second-order valence-corrected chi connectivity index (χ2v) is 8.64. The Labute approximate surface area is 209 Å². The summed E-state index contributed by atoms with van der Waals surface area (Å²) < 4.78 is 39.1. The molecule has 0 aliphatic heterocycles. The van der Waals surface area contributed by atoms with Crippen LogP contribution < -0.4 is 10.2 Å². The lowest BCUT2D eigenvalue weighted by molar-refractivity contribution is -0.137. The maximum absolute atomic E-state index is 13.0. The summed E-state index contributed by atoms with van der Waals surface area (Å²) in [7, 11) is 1.48. The molecule has 5 nitrogen and oxygen atoms in total. The standard InChI is InChI=1S/C27H20F3N3O2S/c1-33(26(35)19-7-5-8-20(17-19)27(28,29)30)21-9-4-6-18(16-21)12-13-24(34)32-23-11-3-2-10-22(23)25-31-14-15-36-25/h2-17H,1H3,(H,32,34)/b13-12+. The highest BCUT2D eigenvalue weighted by Crippen LogP contribution is 2.31. The molecule has 4 rings (SSSR count). The van der Waals surface area contributed by atoms with Gasteiger partial charge in [-0.1, -0.05) is 30.3 Å². The Morgan fingerprint density at radius 2 is 1.78 bits per heavy atom. The summed E-state index contributed by atoms with van der Waals surface area (Å²) in [4.78, 5) is 30.9. The molecule has 0 aliphatic rings. The number of anilines is 2. The molecule has 182 valence electrons. The summed E-state index contributed by atoms with van der Waals surface area (Å²) in [6.07, 6.45) is 0.112. The molecule has 3 aromatic carbocycles. The molecule has 9 heteroatoms. The van der Waals surface area contributed by atoms with Crippen LogP contribution >= 0.6 is 11.3 Å². The van der Waals surface area contributed by atoms with Crippen molar-refractivity contribution in [1.29, 1.82) is 0 Å². The molecule has 0 radical (unpaired) electrons. The average Bonchev–Trinajstić information content (AvgIpc) is 3.41. The van der Waals surface area contributed by atoms with Gasteiger partial charge in [0.2, 0.25) is 5.91 Å². The van der Waals surface area contributed by atoms with E-state index in [0.29, 0.717) is 16.9 Å². The Balaban J connectivity index is 1.47. The third-order valence-electron chi connectivity index (χ3n) is 5.27. The topological polar surface area (TPSA) is 62.3 Å². The van der Waals surface area contributed by atoms with Crippen LogP contribution in [-0.4, -0.2) is 23.8 Å². The molecule has 0 unspecified atom stereocenters. The first kappa shape index (κ1) is 24.9. The Hall–Kier alpha value is -4.24. The van der Waals surface area contributed by atoms with Gasteiger partial charge in [0.15, 0.2) is 0 Å². The van der Waals surface area contributed by atoms with E-state index in [1.807, 2.05) is 23.6 Å². The zero-order valence-electron chi connectivity index (χ0n) is 19.0. The molecule has 0 saturated carbocycles. The highest BCUT2D eigenvalue weighted by atomic mass is 32.1. The van der Waals surface area contributed by atoms with Crippen molar-refractivity contribution in [2.24, 2.45) is 0 Å². The number of rotatable bonds is 6. The van der Waals surface area contributed by atoms with Crippen molar-refractivity contribution in [2.75, 3.05) is 17.3 Å². The minimum Gasteiger partial charge on any atom is -0.322 e. The summed E-state index contributed by atoms with van der Waals surface area (Å²) in [5, 5.41) is 5.49. The van der Waals surface area contributed by atoms with Crippen molar-refractivity contribution in [3.8, 4) is 10.6 Å². The molecule has 0 saturated heterocycles. The van der Waals surface area contributed by atoms with Gasteiger partial charge in [-0.25, -0.2) is 4.98 Å². The number of benzene rings is 3. The summed E-state index contributed by atoms with van der Waals surface area (Å²) in [5.41, 5.74) is 1.58. The van der Waals surface area contributed by atoms with Crippen molar-refractivity contribution < 1.29 is 22.8 Å². The fourth-order valence-electron chi connectivity index (χ4n) is 3.46. The predicted molar refractivity (Wildman–Crippen MR) is 136 cm³/mol. The molecule has 0 aliphatic carbocycles. The molecular weight excluding hydrogens is 487 g/mol. The molecule has 1 heterocycles. The molecule has 1 N–H and O–H groups in total. The Bertz CT molecular complexity index is 1420. The lowest BCUT2D eigenvalue weighted by Crippen LogP contribution is -2.26. The van der Waals surface area contributed by atoms with Crippen molar-refractivity contribution in [3.63, 3.8) is 0 Å². The summed E-state index contributed by atoms with van der Waals surface area (Å²) in [6, 6.07) is 18.4. The minimum atomic E-state index is -4.54. The second-order valence-electron chi connectivity index (χ2n) is 7.74. The fourth-order valence-corrected chi connectivity index (χ4v) is 4.14. The molecule has 2 amide bonds. The Morgan fingerprint density at radius 1 is 1.00 bits per heavy atom. The van der Waals surface area contributed by atoms with Crippen molar-refractivity contribution in [2.45, 2.75) is 6.18 Å². The number of nitrogens with one attached hydrogen (secondary N) is 1. The number of hydrogen-bond acceptors (Lipinski definition) is 4. The predicted octanol–water partition coefficient (Wildman–Crippen LogP) is 6.76. The monoisotopic (exact) mass is 507 g/mol. The van der Waals surface area contributed by atoms with Crippen LogP contribution in [0.1, 0.15) is 21.5 Å². The van der Waals surface area contributed by atoms with Crippen LogP contribution in [0.15, 0.2) is 90.4 Å². The largest absolute Gasteiger partial charge is 0.416 e. The Morgan fingerprint density at radius 3 is 2.53 bits per heavy atom. The number of para-hydroxylation sites is 1. The van der Waals surface area contributed by atoms with E-state index >= 15 is 0 Å². The minimum absolute atomic E-state index is 0.0773. The van der Waals surface area contributed by atoms with Gasteiger partial charge in [-0.05, 0) is 54.1 Å². The lowest BCUT2D eigenvalue weighted by atomic mass is 10.1. The molecule has 36 heavy (non-hydrogen) atoms. The number of alkyl halides is 3. The first-order valence-corrected chi connectivity index (χ1v) is 11.6. The zero-order chi connectivity index (χ0) is 25.7. The maximum atomic E-state index is 13.0. The number of aromatic nitrogens is 1. The molecule has 1 aromatic heterocycles. The van der Waals surface area contributed by atoms with Gasteiger partial charge in [-0.2, -0.15) is 13.2 Å². The average molecular weight is 508 g/mol. The van der Waals surface area contributed by atoms with Crippen LogP contribution in [0.2, 0.25) is 0 Å². The van der Waals surface area contributed by atoms with E-state index in [2.05, 4.69) is 10.3 Å². The van der Waals surface area contributed by atoms with Gasteiger partial charge in [-0.3, -0.25) is 9.59 Å². The smallest absolute Gasteiger partial charge is 0.322 e. The van der Waals surface area contributed by atoms with E-state index in [1.165, 1.54) is 41.5 Å². The van der Waals surface area contributed by atoms with Crippen molar-refractivity contribution in [3.05, 3.63) is 107 Å². The Kier molecular flexibility index (Phi) is 7.30. The first-order chi connectivity index (χ1) is 17.2. The van der Waals surface area contributed by atoms with Crippen LogP contribution in [0.4, 0.5) is 24.5 Å². The molecular formula is C27H20F3N3O2S. The second kappa shape index (κ2) is 10.6. The molecule has 0 fully saturated rings.